The lowest BCUT2D eigenvalue weighted by Gasteiger charge is -2.26. The summed E-state index contributed by atoms with van der Waals surface area (Å²) >= 11 is 0. The van der Waals surface area contributed by atoms with Gasteiger partial charge in [-0.05, 0) is 36.8 Å². The van der Waals surface area contributed by atoms with E-state index in [0.717, 1.165) is 22.0 Å². The van der Waals surface area contributed by atoms with Crippen molar-refractivity contribution in [1.29, 1.82) is 0 Å². The summed E-state index contributed by atoms with van der Waals surface area (Å²) in [4.78, 5) is 8.85. The Bertz CT molecular complexity index is 1350. The number of nitrogens with zero attached hydrogens (tertiary/aromatic N) is 4. The minimum atomic E-state index is -3.57. The van der Waals surface area contributed by atoms with Crippen LogP contribution < -0.4 is 10.6 Å². The first-order valence-electron chi connectivity index (χ1n) is 10.9. The molecule has 1 aliphatic rings. The minimum absolute atomic E-state index is 0.157. The van der Waals surface area contributed by atoms with E-state index in [4.69, 9.17) is 0 Å². The first-order chi connectivity index (χ1) is 16.5. The Labute approximate surface area is 199 Å². The molecule has 0 unspecified atom stereocenters. The lowest BCUT2D eigenvalue weighted by atomic mass is 10.1. The summed E-state index contributed by atoms with van der Waals surface area (Å²) in [5.41, 5.74) is 3.58. The third-order valence-corrected chi connectivity index (χ3v) is 7.31. The highest BCUT2D eigenvalue weighted by Crippen LogP contribution is 2.19. The van der Waals surface area contributed by atoms with Crippen molar-refractivity contribution in [3.8, 4) is 0 Å². The number of aromatic amines is 1. The fourth-order valence-corrected chi connectivity index (χ4v) is 4.94. The van der Waals surface area contributed by atoms with E-state index < -0.39 is 10.0 Å². The van der Waals surface area contributed by atoms with Crippen molar-refractivity contribution in [1.82, 2.24) is 29.8 Å². The average molecular weight is 478 g/mol. The number of hydrogen-bond acceptors (Lipinski definition) is 7. The van der Waals surface area contributed by atoms with Gasteiger partial charge in [0.1, 0.15) is 0 Å². The Hall–Kier alpha value is -3.60. The number of allylic oxidation sites excluding steroid dienone is 4. The summed E-state index contributed by atoms with van der Waals surface area (Å²) in [5, 5.41) is 14.3. The summed E-state index contributed by atoms with van der Waals surface area (Å²) in [6.45, 7) is 7.66. The first kappa shape index (κ1) is 23.6. The van der Waals surface area contributed by atoms with Gasteiger partial charge in [-0.3, -0.25) is 5.10 Å². The lowest BCUT2D eigenvalue weighted by Crippen LogP contribution is -2.46. The predicted octanol–water partition coefficient (Wildman–Crippen LogP) is 3.14. The van der Waals surface area contributed by atoms with Gasteiger partial charge in [-0.1, -0.05) is 30.9 Å². The fraction of sp³-hybridized carbons (Fsp3) is 0.208. The van der Waals surface area contributed by atoms with Crippen LogP contribution in [-0.4, -0.2) is 59.1 Å². The maximum Gasteiger partial charge on any atom is 0.243 e. The third kappa shape index (κ3) is 5.48. The molecule has 0 saturated carbocycles. The molecule has 1 saturated heterocycles. The topological polar surface area (TPSA) is 116 Å². The number of hydrogen-bond donors (Lipinski definition) is 3. The van der Waals surface area contributed by atoms with Crippen molar-refractivity contribution < 1.29 is 8.42 Å². The molecule has 4 rings (SSSR count). The van der Waals surface area contributed by atoms with Crippen molar-refractivity contribution in [3.05, 3.63) is 83.3 Å². The number of rotatable bonds is 8. The molecule has 2 aromatic heterocycles. The van der Waals surface area contributed by atoms with Crippen LogP contribution in [0.3, 0.4) is 0 Å². The van der Waals surface area contributed by atoms with Crippen LogP contribution in [0.2, 0.25) is 0 Å². The number of benzene rings is 1. The molecular formula is C24H27N7O2S. The van der Waals surface area contributed by atoms with E-state index in [1.54, 1.807) is 30.7 Å². The van der Waals surface area contributed by atoms with E-state index in [2.05, 4.69) is 37.4 Å². The van der Waals surface area contributed by atoms with Gasteiger partial charge >= 0.3 is 0 Å². The van der Waals surface area contributed by atoms with E-state index in [9.17, 15) is 8.42 Å². The molecule has 1 aromatic carbocycles. The number of sulfonamides is 1. The van der Waals surface area contributed by atoms with E-state index in [-0.39, 0.29) is 4.91 Å². The molecule has 3 aromatic rings. The Morgan fingerprint density at radius 1 is 1.12 bits per heavy atom. The second-order valence-corrected chi connectivity index (χ2v) is 9.69. The third-order valence-electron chi connectivity index (χ3n) is 5.37. The van der Waals surface area contributed by atoms with Crippen LogP contribution >= 0.6 is 0 Å². The first-order valence-corrected chi connectivity index (χ1v) is 12.3. The van der Waals surface area contributed by atoms with Gasteiger partial charge in [-0.15, -0.1) is 0 Å². The van der Waals surface area contributed by atoms with Crippen LogP contribution in [0, 0.1) is 0 Å². The minimum Gasteiger partial charge on any atom is -0.328 e. The van der Waals surface area contributed by atoms with Crippen LogP contribution in [0.15, 0.2) is 72.2 Å². The Balaban J connectivity index is 1.42. The molecule has 0 spiro atoms. The Morgan fingerprint density at radius 2 is 1.88 bits per heavy atom. The van der Waals surface area contributed by atoms with Gasteiger partial charge < -0.3 is 10.6 Å². The van der Waals surface area contributed by atoms with Gasteiger partial charge in [0.15, 0.2) is 0 Å². The highest BCUT2D eigenvalue weighted by atomic mass is 32.2. The van der Waals surface area contributed by atoms with Gasteiger partial charge in [0.25, 0.3) is 0 Å². The number of aromatic nitrogens is 4. The van der Waals surface area contributed by atoms with Gasteiger partial charge in [-0.2, -0.15) is 9.40 Å². The molecule has 0 aliphatic carbocycles. The van der Waals surface area contributed by atoms with Crippen molar-refractivity contribution in [2.75, 3.05) is 31.5 Å². The highest BCUT2D eigenvalue weighted by molar-refractivity contribution is 7.93. The number of anilines is 1. The van der Waals surface area contributed by atoms with Gasteiger partial charge in [0, 0.05) is 55.2 Å². The molecule has 34 heavy (non-hydrogen) atoms. The van der Waals surface area contributed by atoms with E-state index in [1.807, 2.05) is 37.3 Å². The highest BCUT2D eigenvalue weighted by Gasteiger charge is 2.25. The van der Waals surface area contributed by atoms with Crippen LogP contribution in [0.4, 0.5) is 5.95 Å². The molecular weight excluding hydrogens is 450 g/mol. The maximum absolute atomic E-state index is 12.8. The predicted molar refractivity (Wildman–Crippen MR) is 136 cm³/mol. The SMILES string of the molecule is C=C/C(=C\C=C(/C)Nc1ncc(/C=C/c2cccc3[nH]ncc23)cn1)S(=O)(=O)N1CCNCC1. The molecule has 176 valence electrons. The Kier molecular flexibility index (Phi) is 7.31. The van der Waals surface area contributed by atoms with Crippen molar-refractivity contribution in [2.45, 2.75) is 6.92 Å². The number of H-pyrrole nitrogens is 1. The Morgan fingerprint density at radius 3 is 2.62 bits per heavy atom. The van der Waals surface area contributed by atoms with Crippen molar-refractivity contribution >= 4 is 39.0 Å². The second kappa shape index (κ2) is 10.6. The van der Waals surface area contributed by atoms with Crippen LogP contribution in [0.25, 0.3) is 23.1 Å². The monoisotopic (exact) mass is 477 g/mol. The standard InChI is InChI=1S/C24H27N7O2S/c1-3-21(34(32,33)31-13-11-25-12-14-31)10-7-18(2)29-24-26-15-19(16-27-24)8-9-20-5-4-6-23-22(20)17-28-30-23/h3-10,15-17,25H,1,11-14H2,2H3,(H,28,30)(H,26,27,29)/b9-8+,18-7+,21-10+. The van der Waals surface area contributed by atoms with E-state index in [1.165, 1.54) is 10.4 Å². The zero-order valence-corrected chi connectivity index (χ0v) is 19.7. The van der Waals surface area contributed by atoms with Crippen LogP contribution in [-0.2, 0) is 10.0 Å². The van der Waals surface area contributed by atoms with Crippen LogP contribution in [0.1, 0.15) is 18.1 Å². The van der Waals surface area contributed by atoms with E-state index in [0.29, 0.717) is 37.8 Å². The molecule has 3 heterocycles. The molecule has 1 aliphatic heterocycles. The largest absolute Gasteiger partial charge is 0.328 e. The second-order valence-electron chi connectivity index (χ2n) is 7.75. The zero-order valence-electron chi connectivity index (χ0n) is 18.9. The summed E-state index contributed by atoms with van der Waals surface area (Å²) in [5.74, 6) is 0.418. The molecule has 9 nitrogen and oxygen atoms in total. The average Bonchev–Trinajstić information content (AvgIpc) is 3.34. The summed E-state index contributed by atoms with van der Waals surface area (Å²) < 4.78 is 27.1. The van der Waals surface area contributed by atoms with Crippen molar-refractivity contribution in [3.63, 3.8) is 0 Å². The van der Waals surface area contributed by atoms with Gasteiger partial charge in [0.2, 0.25) is 16.0 Å². The molecule has 0 amide bonds. The molecule has 3 N–H and O–H groups in total. The maximum atomic E-state index is 12.8. The molecule has 10 heteroatoms. The molecule has 1 fully saturated rings. The summed E-state index contributed by atoms with van der Waals surface area (Å²) in [7, 11) is -3.57. The molecule has 0 bridgehead atoms. The van der Waals surface area contributed by atoms with E-state index >= 15 is 0 Å². The number of nitrogens with one attached hydrogen (secondary N) is 3. The fourth-order valence-electron chi connectivity index (χ4n) is 3.53. The van der Waals surface area contributed by atoms with Crippen LogP contribution in [0.5, 0.6) is 0 Å². The normalized spacial score (nSPS) is 16.3. The summed E-state index contributed by atoms with van der Waals surface area (Å²) in [6.07, 6.45) is 13.8. The number of piperazine rings is 1. The summed E-state index contributed by atoms with van der Waals surface area (Å²) in [6, 6.07) is 5.97. The zero-order chi connectivity index (χ0) is 24.0. The smallest absolute Gasteiger partial charge is 0.243 e. The van der Waals surface area contributed by atoms with Gasteiger partial charge in [-0.25, -0.2) is 18.4 Å². The quantitative estimate of drug-likeness (QED) is 0.427. The lowest BCUT2D eigenvalue weighted by molar-refractivity contribution is 0.363. The molecule has 0 atom stereocenters. The molecule has 0 radical (unpaired) electrons. The van der Waals surface area contributed by atoms with Crippen molar-refractivity contribution in [2.24, 2.45) is 0 Å². The number of fused-ring (bicyclic) bond motifs is 1. The van der Waals surface area contributed by atoms with Gasteiger partial charge in [0.05, 0.1) is 16.6 Å².